The summed E-state index contributed by atoms with van der Waals surface area (Å²) in [5.41, 5.74) is 2.82. The molecular formula is C15H14BrNO. The first kappa shape index (κ1) is 13.0. The molecule has 0 fully saturated rings. The molecular weight excluding hydrogens is 290 g/mol. The predicted octanol–water partition coefficient (Wildman–Crippen LogP) is 4.14. The highest BCUT2D eigenvalue weighted by Gasteiger charge is 2.17. The quantitative estimate of drug-likeness (QED) is 0.798. The summed E-state index contributed by atoms with van der Waals surface area (Å²) in [5.74, 6) is -0.00891. The predicted molar refractivity (Wildman–Crippen MR) is 75.9 cm³/mol. The molecule has 0 aliphatic rings. The second-order valence-electron chi connectivity index (χ2n) is 4.33. The summed E-state index contributed by atoms with van der Waals surface area (Å²) in [6.45, 7) is 3.91. The van der Waals surface area contributed by atoms with Crippen LogP contribution in [0.3, 0.4) is 0 Å². The van der Waals surface area contributed by atoms with E-state index < -0.39 is 0 Å². The summed E-state index contributed by atoms with van der Waals surface area (Å²) >= 11 is 3.44. The van der Waals surface area contributed by atoms with Gasteiger partial charge in [0, 0.05) is 28.3 Å². The lowest BCUT2D eigenvalue weighted by Crippen LogP contribution is -2.09. The number of halogens is 1. The highest BCUT2D eigenvalue weighted by molar-refractivity contribution is 9.10. The average Bonchev–Trinajstić information content (AvgIpc) is 2.41. The number of benzene rings is 1. The number of aromatic nitrogens is 1. The Hall–Kier alpha value is -1.48. The Bertz CT molecular complexity index is 566. The molecule has 92 valence electrons. The molecule has 0 aliphatic heterocycles. The fourth-order valence-electron chi connectivity index (χ4n) is 1.85. The van der Waals surface area contributed by atoms with E-state index in [0.29, 0.717) is 0 Å². The molecule has 2 aromatic rings. The first-order valence-electron chi connectivity index (χ1n) is 5.80. The molecule has 1 aromatic carbocycles. The van der Waals surface area contributed by atoms with Crippen LogP contribution in [0.25, 0.3) is 0 Å². The minimum absolute atomic E-state index is 0.136. The highest BCUT2D eigenvalue weighted by Crippen LogP contribution is 2.23. The van der Waals surface area contributed by atoms with Crippen LogP contribution in [0.15, 0.2) is 47.2 Å². The maximum absolute atomic E-state index is 12.4. The fraction of sp³-hybridized carbons (Fsp3) is 0.200. The molecule has 0 saturated carbocycles. The van der Waals surface area contributed by atoms with Crippen molar-refractivity contribution in [2.45, 2.75) is 19.8 Å². The third kappa shape index (κ3) is 2.67. The van der Waals surface area contributed by atoms with E-state index in [1.807, 2.05) is 44.2 Å². The van der Waals surface area contributed by atoms with Crippen molar-refractivity contribution in [3.05, 3.63) is 63.9 Å². The molecule has 1 atom stereocenters. The molecule has 2 rings (SSSR count). The summed E-state index contributed by atoms with van der Waals surface area (Å²) in [6.07, 6.45) is 3.43. The molecule has 3 heteroatoms. The molecule has 1 unspecified atom stereocenters. The largest absolute Gasteiger partial charge is 0.294 e. The fourth-order valence-corrected chi connectivity index (χ4v) is 2.10. The van der Waals surface area contributed by atoms with Gasteiger partial charge in [0.1, 0.15) is 0 Å². The third-order valence-electron chi connectivity index (χ3n) is 3.04. The number of nitrogens with zero attached hydrogens (tertiary/aromatic N) is 1. The highest BCUT2D eigenvalue weighted by atomic mass is 79.9. The standard InChI is InChI=1S/C15H14BrNO/c1-10-9-13(3-4-14(10)16)15(18)11(2)12-5-7-17-8-6-12/h3-9,11H,1-2H3. The zero-order valence-electron chi connectivity index (χ0n) is 10.4. The molecule has 1 heterocycles. The van der Waals surface area contributed by atoms with E-state index in [-0.39, 0.29) is 11.7 Å². The van der Waals surface area contributed by atoms with Gasteiger partial charge in [-0.3, -0.25) is 9.78 Å². The van der Waals surface area contributed by atoms with E-state index >= 15 is 0 Å². The summed E-state index contributed by atoms with van der Waals surface area (Å²) < 4.78 is 1.02. The van der Waals surface area contributed by atoms with Gasteiger partial charge in [-0.25, -0.2) is 0 Å². The molecule has 0 spiro atoms. The topological polar surface area (TPSA) is 30.0 Å². The number of carbonyl (C=O) groups is 1. The summed E-state index contributed by atoms with van der Waals surface area (Å²) in [4.78, 5) is 16.3. The zero-order valence-corrected chi connectivity index (χ0v) is 11.9. The molecule has 0 saturated heterocycles. The SMILES string of the molecule is Cc1cc(C(=O)C(C)c2ccncc2)ccc1Br. The van der Waals surface area contributed by atoms with Crippen molar-refractivity contribution in [1.29, 1.82) is 0 Å². The van der Waals surface area contributed by atoms with E-state index in [1.54, 1.807) is 12.4 Å². The minimum Gasteiger partial charge on any atom is -0.294 e. The van der Waals surface area contributed by atoms with Crippen molar-refractivity contribution in [3.8, 4) is 0 Å². The molecule has 0 amide bonds. The number of aryl methyl sites for hydroxylation is 1. The summed E-state index contributed by atoms with van der Waals surface area (Å²) in [6, 6.07) is 9.46. The molecule has 0 radical (unpaired) electrons. The van der Waals surface area contributed by atoms with Crippen LogP contribution in [0.4, 0.5) is 0 Å². The van der Waals surface area contributed by atoms with Gasteiger partial charge in [0.25, 0.3) is 0 Å². The summed E-state index contributed by atoms with van der Waals surface area (Å²) in [5, 5.41) is 0. The second kappa shape index (κ2) is 5.44. The Morgan fingerprint density at radius 3 is 2.50 bits per heavy atom. The molecule has 0 bridgehead atoms. The van der Waals surface area contributed by atoms with Gasteiger partial charge in [0.2, 0.25) is 0 Å². The van der Waals surface area contributed by atoms with Gasteiger partial charge in [0.15, 0.2) is 5.78 Å². The lowest BCUT2D eigenvalue weighted by Gasteiger charge is -2.11. The molecule has 2 nitrogen and oxygen atoms in total. The monoisotopic (exact) mass is 303 g/mol. The zero-order chi connectivity index (χ0) is 13.1. The maximum atomic E-state index is 12.4. The Balaban J connectivity index is 2.29. The Morgan fingerprint density at radius 1 is 1.22 bits per heavy atom. The van der Waals surface area contributed by atoms with Crippen molar-refractivity contribution in [1.82, 2.24) is 4.98 Å². The van der Waals surface area contributed by atoms with Crippen molar-refractivity contribution < 1.29 is 4.79 Å². The van der Waals surface area contributed by atoms with Crippen LogP contribution in [0.1, 0.15) is 34.3 Å². The van der Waals surface area contributed by atoms with Gasteiger partial charge in [-0.1, -0.05) is 28.9 Å². The first-order valence-corrected chi connectivity index (χ1v) is 6.59. The van der Waals surface area contributed by atoms with E-state index in [0.717, 1.165) is 21.2 Å². The van der Waals surface area contributed by atoms with Gasteiger partial charge in [-0.15, -0.1) is 0 Å². The van der Waals surface area contributed by atoms with Crippen LogP contribution in [-0.2, 0) is 0 Å². The Labute approximate surface area is 115 Å². The number of pyridine rings is 1. The van der Waals surface area contributed by atoms with Crippen molar-refractivity contribution in [2.75, 3.05) is 0 Å². The van der Waals surface area contributed by atoms with E-state index in [1.165, 1.54) is 0 Å². The summed E-state index contributed by atoms with van der Waals surface area (Å²) in [7, 11) is 0. The first-order chi connectivity index (χ1) is 8.59. The van der Waals surface area contributed by atoms with Gasteiger partial charge >= 0.3 is 0 Å². The van der Waals surface area contributed by atoms with Crippen molar-refractivity contribution in [2.24, 2.45) is 0 Å². The normalized spacial score (nSPS) is 12.2. The third-order valence-corrected chi connectivity index (χ3v) is 3.93. The molecule has 1 aromatic heterocycles. The van der Waals surface area contributed by atoms with Crippen molar-refractivity contribution >= 4 is 21.7 Å². The second-order valence-corrected chi connectivity index (χ2v) is 5.18. The number of ketones is 1. The average molecular weight is 304 g/mol. The van der Waals surface area contributed by atoms with Crippen molar-refractivity contribution in [3.63, 3.8) is 0 Å². The molecule has 18 heavy (non-hydrogen) atoms. The van der Waals surface area contributed by atoms with Gasteiger partial charge in [-0.05, 0) is 42.3 Å². The molecule has 0 N–H and O–H groups in total. The van der Waals surface area contributed by atoms with Crippen LogP contribution >= 0.6 is 15.9 Å². The number of hydrogen-bond acceptors (Lipinski definition) is 2. The van der Waals surface area contributed by atoms with Gasteiger partial charge < -0.3 is 0 Å². The molecule has 0 aliphatic carbocycles. The number of rotatable bonds is 3. The van der Waals surface area contributed by atoms with E-state index in [9.17, 15) is 4.79 Å². The van der Waals surface area contributed by atoms with E-state index in [4.69, 9.17) is 0 Å². The van der Waals surface area contributed by atoms with Gasteiger partial charge in [0.05, 0.1) is 0 Å². The smallest absolute Gasteiger partial charge is 0.170 e. The van der Waals surface area contributed by atoms with E-state index in [2.05, 4.69) is 20.9 Å². The van der Waals surface area contributed by atoms with Crippen LogP contribution in [0.5, 0.6) is 0 Å². The van der Waals surface area contributed by atoms with Gasteiger partial charge in [-0.2, -0.15) is 0 Å². The lowest BCUT2D eigenvalue weighted by atomic mass is 9.92. The Morgan fingerprint density at radius 2 is 1.89 bits per heavy atom. The van der Waals surface area contributed by atoms with Crippen LogP contribution in [0.2, 0.25) is 0 Å². The number of hydrogen-bond donors (Lipinski definition) is 0. The van der Waals surface area contributed by atoms with Crippen LogP contribution in [0, 0.1) is 6.92 Å². The lowest BCUT2D eigenvalue weighted by molar-refractivity contribution is 0.0966. The minimum atomic E-state index is -0.145. The number of Topliss-reactive ketones (excluding diaryl/α,β-unsaturated/α-hetero) is 1. The van der Waals surface area contributed by atoms with Crippen LogP contribution < -0.4 is 0 Å². The Kier molecular flexibility index (Phi) is 3.92. The van der Waals surface area contributed by atoms with Crippen LogP contribution in [-0.4, -0.2) is 10.8 Å². The maximum Gasteiger partial charge on any atom is 0.170 e. The number of carbonyl (C=O) groups excluding carboxylic acids is 1.